The summed E-state index contributed by atoms with van der Waals surface area (Å²) < 4.78 is 38.7. The van der Waals surface area contributed by atoms with Crippen molar-refractivity contribution in [3.8, 4) is 0 Å². The third kappa shape index (κ3) is 3.93. The van der Waals surface area contributed by atoms with E-state index in [0.717, 1.165) is 11.5 Å². The molecule has 1 spiro atoms. The highest BCUT2D eigenvalue weighted by molar-refractivity contribution is 7.99. The molecule has 0 saturated carbocycles. The zero-order valence-electron chi connectivity index (χ0n) is 15.4. The number of sulfonamides is 1. The van der Waals surface area contributed by atoms with Crippen molar-refractivity contribution in [1.29, 1.82) is 0 Å². The Morgan fingerprint density at radius 3 is 2.36 bits per heavy atom. The van der Waals surface area contributed by atoms with Crippen molar-refractivity contribution in [2.24, 2.45) is 0 Å². The topological polar surface area (TPSA) is 76.2 Å². The Kier molecular flexibility index (Phi) is 5.93. The second-order valence-corrected chi connectivity index (χ2v) is 10.6. The van der Waals surface area contributed by atoms with Crippen LogP contribution < -0.4 is 0 Å². The number of ether oxygens (including phenoxy) is 2. The summed E-state index contributed by atoms with van der Waals surface area (Å²) in [6, 6.07) is 4.38. The Balaban J connectivity index is 1.53. The summed E-state index contributed by atoms with van der Waals surface area (Å²) in [5.74, 6) is 0.721. The van der Waals surface area contributed by atoms with Crippen molar-refractivity contribution in [2.75, 3.05) is 50.9 Å². The van der Waals surface area contributed by atoms with Crippen LogP contribution in [-0.2, 0) is 19.5 Å². The van der Waals surface area contributed by atoms with E-state index in [0.29, 0.717) is 52.2 Å². The maximum absolute atomic E-state index is 13.0. The van der Waals surface area contributed by atoms with E-state index in [1.54, 1.807) is 16.7 Å². The summed E-state index contributed by atoms with van der Waals surface area (Å²) in [6.45, 7) is 3.08. The lowest BCUT2D eigenvalue weighted by atomic mass is 10.0. The Morgan fingerprint density at radius 2 is 1.71 bits per heavy atom. The number of nitrogens with zero attached hydrogens (tertiary/aromatic N) is 2. The maximum atomic E-state index is 13.0. The van der Waals surface area contributed by atoms with Crippen LogP contribution in [0.2, 0.25) is 5.02 Å². The molecule has 1 aromatic carbocycles. The van der Waals surface area contributed by atoms with Crippen molar-refractivity contribution in [3.63, 3.8) is 0 Å². The molecule has 1 amide bonds. The van der Waals surface area contributed by atoms with Crippen LogP contribution in [0.4, 0.5) is 0 Å². The molecule has 0 N–H and O–H groups in total. The molecule has 4 rings (SSSR count). The van der Waals surface area contributed by atoms with Gasteiger partial charge in [-0.2, -0.15) is 16.1 Å². The molecule has 28 heavy (non-hydrogen) atoms. The highest BCUT2D eigenvalue weighted by Crippen LogP contribution is 2.33. The van der Waals surface area contributed by atoms with E-state index < -0.39 is 15.8 Å². The summed E-state index contributed by atoms with van der Waals surface area (Å²) in [5, 5.41) is 0.256. The molecule has 3 aliphatic rings. The first-order valence-corrected chi connectivity index (χ1v) is 12.3. The molecular formula is C18H23ClN2O5S2. The van der Waals surface area contributed by atoms with Crippen molar-refractivity contribution in [3.05, 3.63) is 28.8 Å². The van der Waals surface area contributed by atoms with E-state index in [9.17, 15) is 13.2 Å². The number of benzene rings is 1. The lowest BCUT2D eigenvalue weighted by Crippen LogP contribution is -2.47. The van der Waals surface area contributed by atoms with Gasteiger partial charge in [-0.15, -0.1) is 0 Å². The van der Waals surface area contributed by atoms with E-state index in [4.69, 9.17) is 21.1 Å². The molecular weight excluding hydrogens is 424 g/mol. The fraction of sp³-hybridized carbons (Fsp3) is 0.611. The largest absolute Gasteiger partial charge is 0.347 e. The molecule has 7 nitrogen and oxygen atoms in total. The van der Waals surface area contributed by atoms with Gasteiger partial charge in [-0.3, -0.25) is 4.79 Å². The van der Waals surface area contributed by atoms with Gasteiger partial charge in [0, 0.05) is 50.5 Å². The molecule has 154 valence electrons. The van der Waals surface area contributed by atoms with E-state index in [1.807, 2.05) is 0 Å². The van der Waals surface area contributed by atoms with Crippen LogP contribution in [0.15, 0.2) is 23.1 Å². The van der Waals surface area contributed by atoms with E-state index in [1.165, 1.54) is 22.5 Å². The Bertz CT molecular complexity index is 842. The SMILES string of the molecule is O=C(c1cc(S(=O)(=O)N2CCSCC2)ccc1Cl)N1CCC2(CC1)OCCO2. The molecule has 0 aromatic heterocycles. The number of thioether (sulfide) groups is 1. The highest BCUT2D eigenvalue weighted by atomic mass is 35.5. The quantitative estimate of drug-likeness (QED) is 0.707. The van der Waals surface area contributed by atoms with Crippen LogP contribution in [0.1, 0.15) is 23.2 Å². The lowest BCUT2D eigenvalue weighted by Gasteiger charge is -2.37. The van der Waals surface area contributed by atoms with Crippen LogP contribution in [-0.4, -0.2) is 80.2 Å². The van der Waals surface area contributed by atoms with Crippen LogP contribution in [0.3, 0.4) is 0 Å². The molecule has 0 aliphatic carbocycles. The molecule has 0 atom stereocenters. The zero-order valence-corrected chi connectivity index (χ0v) is 17.8. The standard InChI is InChI=1S/C18H23ClN2O5S2/c19-16-2-1-14(28(23,24)21-7-11-27-12-8-21)13-15(16)17(22)20-5-3-18(4-6-20)25-9-10-26-18/h1-2,13H,3-12H2. The average molecular weight is 447 g/mol. The molecule has 3 aliphatic heterocycles. The first-order valence-electron chi connectivity index (χ1n) is 9.36. The molecule has 0 radical (unpaired) electrons. The van der Waals surface area contributed by atoms with Gasteiger partial charge < -0.3 is 14.4 Å². The Labute approximate surface area is 174 Å². The summed E-state index contributed by atoms with van der Waals surface area (Å²) in [5.41, 5.74) is 0.221. The number of rotatable bonds is 3. The number of piperidine rings is 1. The third-order valence-electron chi connectivity index (χ3n) is 5.40. The van der Waals surface area contributed by atoms with Gasteiger partial charge in [0.1, 0.15) is 0 Å². The molecule has 1 aromatic rings. The zero-order chi connectivity index (χ0) is 19.8. The molecule has 3 saturated heterocycles. The Hall–Kier alpha value is -0.840. The van der Waals surface area contributed by atoms with Crippen molar-refractivity contribution < 1.29 is 22.7 Å². The van der Waals surface area contributed by atoms with Gasteiger partial charge in [0.2, 0.25) is 10.0 Å². The minimum absolute atomic E-state index is 0.114. The predicted molar refractivity (Wildman–Crippen MR) is 107 cm³/mol. The maximum Gasteiger partial charge on any atom is 0.255 e. The molecule has 0 unspecified atom stereocenters. The number of likely N-dealkylation sites (tertiary alicyclic amines) is 1. The van der Waals surface area contributed by atoms with Crippen molar-refractivity contribution in [2.45, 2.75) is 23.5 Å². The van der Waals surface area contributed by atoms with Crippen LogP contribution >= 0.6 is 23.4 Å². The van der Waals surface area contributed by atoms with E-state index in [2.05, 4.69) is 0 Å². The number of hydrogen-bond donors (Lipinski definition) is 0. The number of carbonyl (C=O) groups is 1. The smallest absolute Gasteiger partial charge is 0.255 e. The fourth-order valence-corrected chi connectivity index (χ4v) is 6.57. The monoisotopic (exact) mass is 446 g/mol. The van der Waals surface area contributed by atoms with Gasteiger partial charge in [-0.25, -0.2) is 8.42 Å². The molecule has 3 heterocycles. The first-order chi connectivity index (χ1) is 13.4. The highest BCUT2D eigenvalue weighted by Gasteiger charge is 2.41. The normalized spacial score (nSPS) is 23.2. The Morgan fingerprint density at radius 1 is 1.07 bits per heavy atom. The van der Waals surface area contributed by atoms with Gasteiger partial charge in [-0.1, -0.05) is 11.6 Å². The van der Waals surface area contributed by atoms with Crippen LogP contribution in [0.5, 0.6) is 0 Å². The minimum atomic E-state index is -3.63. The van der Waals surface area contributed by atoms with Crippen LogP contribution in [0.25, 0.3) is 0 Å². The van der Waals surface area contributed by atoms with Crippen LogP contribution in [0, 0.1) is 0 Å². The number of hydrogen-bond acceptors (Lipinski definition) is 6. The second kappa shape index (κ2) is 8.12. The number of halogens is 1. The molecule has 3 fully saturated rings. The minimum Gasteiger partial charge on any atom is -0.347 e. The average Bonchev–Trinajstić information content (AvgIpc) is 3.17. The molecule has 10 heteroatoms. The second-order valence-electron chi connectivity index (χ2n) is 7.06. The van der Waals surface area contributed by atoms with E-state index in [-0.39, 0.29) is 21.4 Å². The van der Waals surface area contributed by atoms with Gasteiger partial charge >= 0.3 is 0 Å². The van der Waals surface area contributed by atoms with Gasteiger partial charge in [0.05, 0.1) is 28.7 Å². The van der Waals surface area contributed by atoms with Gasteiger partial charge in [0.25, 0.3) is 5.91 Å². The lowest BCUT2D eigenvalue weighted by molar-refractivity contribution is -0.181. The first kappa shape index (κ1) is 20.4. The predicted octanol–water partition coefficient (Wildman–Crippen LogP) is 2.06. The van der Waals surface area contributed by atoms with Gasteiger partial charge in [-0.05, 0) is 18.2 Å². The summed E-state index contributed by atoms with van der Waals surface area (Å²) in [7, 11) is -3.63. The van der Waals surface area contributed by atoms with Crippen molar-refractivity contribution >= 4 is 39.3 Å². The van der Waals surface area contributed by atoms with Crippen molar-refractivity contribution in [1.82, 2.24) is 9.21 Å². The number of carbonyl (C=O) groups excluding carboxylic acids is 1. The fourth-order valence-electron chi connectivity index (χ4n) is 3.77. The summed E-state index contributed by atoms with van der Waals surface area (Å²) in [4.78, 5) is 14.8. The third-order valence-corrected chi connectivity index (χ3v) is 8.57. The summed E-state index contributed by atoms with van der Waals surface area (Å²) in [6.07, 6.45) is 1.19. The number of amides is 1. The van der Waals surface area contributed by atoms with Gasteiger partial charge in [0.15, 0.2) is 5.79 Å². The summed E-state index contributed by atoms with van der Waals surface area (Å²) >= 11 is 8.00. The molecule has 0 bridgehead atoms. The van der Waals surface area contributed by atoms with E-state index >= 15 is 0 Å².